The molecule has 1 rings (SSSR count). The van der Waals surface area contributed by atoms with Crippen LogP contribution in [0.5, 0.6) is 0 Å². The van der Waals surface area contributed by atoms with Crippen LogP contribution >= 0.6 is 11.6 Å². The van der Waals surface area contributed by atoms with Crippen molar-refractivity contribution in [2.45, 2.75) is 5.88 Å². The predicted molar refractivity (Wildman–Crippen MR) is 46.0 cm³/mol. The molecule has 1 aromatic rings. The minimum Gasteiger partial charge on any atom is -0.207 e. The Hall–Kier alpha value is -0.820. The maximum absolute atomic E-state index is 12.6. The van der Waals surface area contributed by atoms with Gasteiger partial charge in [0.2, 0.25) is 0 Å². The Labute approximate surface area is 70.3 Å². The summed E-state index contributed by atoms with van der Waals surface area (Å²) in [6.45, 7) is 3.59. The summed E-state index contributed by atoms with van der Waals surface area (Å²) >= 11 is 5.57. The van der Waals surface area contributed by atoms with Gasteiger partial charge in [-0.1, -0.05) is 18.7 Å². The number of hydrogen-bond donors (Lipinski definition) is 0. The Bertz CT molecular complexity index is 268. The van der Waals surface area contributed by atoms with Crippen molar-refractivity contribution >= 4 is 17.7 Å². The van der Waals surface area contributed by atoms with Gasteiger partial charge in [-0.15, -0.1) is 11.6 Å². The average Bonchev–Trinajstić information content (AvgIpc) is 2.04. The van der Waals surface area contributed by atoms with Crippen LogP contribution in [0, 0.1) is 5.82 Å². The molecule has 0 aromatic heterocycles. The van der Waals surface area contributed by atoms with E-state index >= 15 is 0 Å². The van der Waals surface area contributed by atoms with E-state index in [1.807, 2.05) is 0 Å². The van der Waals surface area contributed by atoms with Crippen molar-refractivity contribution in [1.29, 1.82) is 0 Å². The predicted octanol–water partition coefficient (Wildman–Crippen LogP) is 3.21. The van der Waals surface area contributed by atoms with Crippen LogP contribution in [0.25, 0.3) is 6.08 Å². The van der Waals surface area contributed by atoms with Crippen molar-refractivity contribution in [2.24, 2.45) is 0 Å². The van der Waals surface area contributed by atoms with Crippen LogP contribution in [0.4, 0.5) is 4.39 Å². The topological polar surface area (TPSA) is 0 Å². The van der Waals surface area contributed by atoms with E-state index < -0.39 is 0 Å². The standard InChI is InChI=1S/C9H8ClF/c1-2-7-3-4-9(11)5-8(7)6-10/h2-5H,1,6H2. The number of alkyl halides is 1. The number of rotatable bonds is 2. The van der Waals surface area contributed by atoms with E-state index in [2.05, 4.69) is 6.58 Å². The first-order valence-corrected chi connectivity index (χ1v) is 3.78. The van der Waals surface area contributed by atoms with Gasteiger partial charge >= 0.3 is 0 Å². The van der Waals surface area contributed by atoms with Crippen LogP contribution in [0.2, 0.25) is 0 Å². The molecule has 0 nitrogen and oxygen atoms in total. The lowest BCUT2D eigenvalue weighted by molar-refractivity contribution is 0.626. The molecule has 0 saturated heterocycles. The molecule has 58 valence electrons. The van der Waals surface area contributed by atoms with Crippen molar-refractivity contribution in [3.05, 3.63) is 41.7 Å². The molecule has 0 unspecified atom stereocenters. The van der Waals surface area contributed by atoms with Gasteiger partial charge in [-0.3, -0.25) is 0 Å². The van der Waals surface area contributed by atoms with Crippen molar-refractivity contribution in [1.82, 2.24) is 0 Å². The Kier molecular flexibility index (Phi) is 2.66. The van der Waals surface area contributed by atoms with Gasteiger partial charge in [-0.05, 0) is 23.3 Å². The number of benzene rings is 1. The first-order valence-electron chi connectivity index (χ1n) is 3.24. The van der Waals surface area contributed by atoms with E-state index in [1.165, 1.54) is 12.1 Å². The van der Waals surface area contributed by atoms with Crippen LogP contribution in [-0.2, 0) is 5.88 Å². The van der Waals surface area contributed by atoms with Crippen LogP contribution in [-0.4, -0.2) is 0 Å². The third-order valence-electron chi connectivity index (χ3n) is 1.47. The van der Waals surface area contributed by atoms with Gasteiger partial charge in [-0.25, -0.2) is 4.39 Å². The first-order chi connectivity index (χ1) is 5.27. The molecule has 0 aliphatic rings. The molecule has 0 heterocycles. The maximum atomic E-state index is 12.6. The third kappa shape index (κ3) is 1.81. The van der Waals surface area contributed by atoms with E-state index in [-0.39, 0.29) is 5.82 Å². The van der Waals surface area contributed by atoms with Gasteiger partial charge in [-0.2, -0.15) is 0 Å². The molecule has 1 aromatic carbocycles. The molecule has 0 spiro atoms. The maximum Gasteiger partial charge on any atom is 0.123 e. The highest BCUT2D eigenvalue weighted by atomic mass is 35.5. The van der Waals surface area contributed by atoms with Crippen molar-refractivity contribution in [2.75, 3.05) is 0 Å². The molecule has 0 bridgehead atoms. The summed E-state index contributed by atoms with van der Waals surface area (Å²) < 4.78 is 12.6. The van der Waals surface area contributed by atoms with Gasteiger partial charge in [0.25, 0.3) is 0 Å². The largest absolute Gasteiger partial charge is 0.207 e. The molecule has 0 saturated carbocycles. The minimum absolute atomic E-state index is 0.258. The molecule has 11 heavy (non-hydrogen) atoms. The molecule has 0 fully saturated rings. The Morgan fingerprint density at radius 2 is 2.27 bits per heavy atom. The molecule has 0 atom stereocenters. The van der Waals surface area contributed by atoms with E-state index in [4.69, 9.17) is 11.6 Å². The molecular weight excluding hydrogens is 163 g/mol. The van der Waals surface area contributed by atoms with Crippen LogP contribution in [0.15, 0.2) is 24.8 Å². The lowest BCUT2D eigenvalue weighted by Crippen LogP contribution is -1.85. The lowest BCUT2D eigenvalue weighted by atomic mass is 10.1. The normalized spacial score (nSPS) is 9.64. The van der Waals surface area contributed by atoms with Crippen molar-refractivity contribution in [3.8, 4) is 0 Å². The average molecular weight is 171 g/mol. The SMILES string of the molecule is C=Cc1ccc(F)cc1CCl. The molecule has 0 aliphatic heterocycles. The molecule has 0 radical (unpaired) electrons. The van der Waals surface area contributed by atoms with E-state index in [1.54, 1.807) is 12.1 Å². The number of hydrogen-bond acceptors (Lipinski definition) is 0. The molecule has 0 N–H and O–H groups in total. The van der Waals surface area contributed by atoms with Gasteiger partial charge < -0.3 is 0 Å². The second kappa shape index (κ2) is 3.54. The zero-order valence-electron chi connectivity index (χ0n) is 5.98. The zero-order valence-corrected chi connectivity index (χ0v) is 6.74. The summed E-state index contributed by atoms with van der Waals surface area (Å²) in [7, 11) is 0. The minimum atomic E-state index is -0.258. The van der Waals surface area contributed by atoms with E-state index in [0.29, 0.717) is 5.88 Å². The van der Waals surface area contributed by atoms with Crippen LogP contribution in [0.1, 0.15) is 11.1 Å². The highest BCUT2D eigenvalue weighted by Crippen LogP contribution is 2.14. The van der Waals surface area contributed by atoms with Crippen molar-refractivity contribution in [3.63, 3.8) is 0 Å². The fourth-order valence-electron chi connectivity index (χ4n) is 0.889. The summed E-state index contributed by atoms with van der Waals surface area (Å²) in [4.78, 5) is 0. The second-order valence-corrected chi connectivity index (χ2v) is 2.45. The Balaban J connectivity index is 3.16. The molecule has 2 heteroatoms. The van der Waals surface area contributed by atoms with E-state index in [9.17, 15) is 4.39 Å². The number of halogens is 2. The quantitative estimate of drug-likeness (QED) is 0.598. The summed E-state index contributed by atoms with van der Waals surface area (Å²) in [5.41, 5.74) is 1.67. The highest BCUT2D eigenvalue weighted by molar-refractivity contribution is 6.17. The summed E-state index contributed by atoms with van der Waals surface area (Å²) in [6, 6.07) is 4.48. The molecule has 0 amide bonds. The van der Waals surface area contributed by atoms with Gasteiger partial charge in [0, 0.05) is 5.88 Å². The summed E-state index contributed by atoms with van der Waals surface area (Å²) in [5, 5.41) is 0. The van der Waals surface area contributed by atoms with Crippen LogP contribution in [0.3, 0.4) is 0 Å². The second-order valence-electron chi connectivity index (χ2n) is 2.18. The van der Waals surface area contributed by atoms with Gasteiger partial charge in [0.1, 0.15) is 5.82 Å². The summed E-state index contributed by atoms with van der Waals surface area (Å²) in [5.74, 6) is 0.0605. The Morgan fingerprint density at radius 1 is 1.55 bits per heavy atom. The first kappa shape index (κ1) is 8.28. The monoisotopic (exact) mass is 170 g/mol. The molecular formula is C9H8ClF. The highest BCUT2D eigenvalue weighted by Gasteiger charge is 1.98. The smallest absolute Gasteiger partial charge is 0.123 e. The zero-order chi connectivity index (χ0) is 8.27. The van der Waals surface area contributed by atoms with Gasteiger partial charge in [0.15, 0.2) is 0 Å². The molecule has 0 aliphatic carbocycles. The third-order valence-corrected chi connectivity index (χ3v) is 1.76. The van der Waals surface area contributed by atoms with Crippen molar-refractivity contribution < 1.29 is 4.39 Å². The fourth-order valence-corrected chi connectivity index (χ4v) is 1.12. The van der Waals surface area contributed by atoms with Gasteiger partial charge in [0.05, 0.1) is 0 Å². The van der Waals surface area contributed by atoms with E-state index in [0.717, 1.165) is 11.1 Å². The lowest BCUT2D eigenvalue weighted by Gasteiger charge is -2.00. The summed E-state index contributed by atoms with van der Waals surface area (Å²) in [6.07, 6.45) is 1.66. The van der Waals surface area contributed by atoms with Crippen LogP contribution < -0.4 is 0 Å². The Morgan fingerprint density at radius 3 is 2.82 bits per heavy atom. The fraction of sp³-hybridized carbons (Fsp3) is 0.111.